The molecule has 0 radical (unpaired) electrons. The lowest BCUT2D eigenvalue weighted by molar-refractivity contribution is 0.0998. The zero-order chi connectivity index (χ0) is 20.3. The normalized spacial score (nSPS) is 12.1. The Bertz CT molecular complexity index is 1240. The molecule has 6 nitrogen and oxygen atoms in total. The van der Waals surface area contributed by atoms with Gasteiger partial charge in [-0.25, -0.2) is 8.42 Å². The van der Waals surface area contributed by atoms with Gasteiger partial charge in [0.2, 0.25) is 0 Å². The summed E-state index contributed by atoms with van der Waals surface area (Å²) in [6, 6.07) is 11.5. The maximum absolute atomic E-state index is 12.6. The molecule has 2 aromatic carbocycles. The van der Waals surface area contributed by atoms with Gasteiger partial charge in [-0.2, -0.15) is 4.99 Å². The molecule has 0 aliphatic rings. The highest BCUT2D eigenvalue weighted by Gasteiger charge is 2.13. The highest BCUT2D eigenvalue weighted by molar-refractivity contribution is 7.90. The molecule has 3 aromatic rings. The first kappa shape index (κ1) is 19.9. The van der Waals surface area contributed by atoms with Crippen LogP contribution in [0.2, 0.25) is 0 Å². The second-order valence-electron chi connectivity index (χ2n) is 5.95. The maximum atomic E-state index is 12.6. The molecule has 0 aliphatic heterocycles. The van der Waals surface area contributed by atoms with Crippen LogP contribution in [0.3, 0.4) is 0 Å². The molecule has 28 heavy (non-hydrogen) atoms. The van der Waals surface area contributed by atoms with Crippen LogP contribution >= 0.6 is 11.3 Å². The predicted molar refractivity (Wildman–Crippen MR) is 109 cm³/mol. The zero-order valence-electron chi connectivity index (χ0n) is 15.4. The number of ether oxygens (including phenoxy) is 1. The number of benzene rings is 2. The average Bonchev–Trinajstić information content (AvgIpc) is 2.99. The quantitative estimate of drug-likeness (QED) is 0.602. The SMILES string of the molecule is C#CCn1c(=NC(=O)c2ccc(OCC)cc2)sc2cc(S(C)(=O)=O)ccc21. The number of hydrogen-bond acceptors (Lipinski definition) is 5. The van der Waals surface area contributed by atoms with E-state index in [2.05, 4.69) is 10.9 Å². The molecule has 0 fully saturated rings. The van der Waals surface area contributed by atoms with E-state index in [0.29, 0.717) is 27.4 Å². The standard InChI is InChI=1S/C20H18N2O4S2/c1-4-12-22-17-11-10-16(28(3,24)25)13-18(17)27-20(22)21-19(23)14-6-8-15(9-7-14)26-5-2/h1,6-11,13H,5,12H2,2-3H3. The van der Waals surface area contributed by atoms with Gasteiger partial charge in [0, 0.05) is 11.8 Å². The molecule has 1 amide bonds. The van der Waals surface area contributed by atoms with E-state index in [1.54, 1.807) is 41.0 Å². The van der Waals surface area contributed by atoms with Gasteiger partial charge < -0.3 is 9.30 Å². The molecule has 1 heterocycles. The van der Waals surface area contributed by atoms with Crippen LogP contribution in [0.25, 0.3) is 10.2 Å². The van der Waals surface area contributed by atoms with Crippen LogP contribution in [-0.4, -0.2) is 31.8 Å². The second-order valence-corrected chi connectivity index (χ2v) is 8.98. The Labute approximate surface area is 167 Å². The van der Waals surface area contributed by atoms with E-state index in [1.807, 2.05) is 6.92 Å². The van der Waals surface area contributed by atoms with Crippen LogP contribution < -0.4 is 9.54 Å². The summed E-state index contributed by atoms with van der Waals surface area (Å²) >= 11 is 1.22. The number of sulfone groups is 1. The number of nitrogens with zero attached hydrogens (tertiary/aromatic N) is 2. The number of fused-ring (bicyclic) bond motifs is 1. The van der Waals surface area contributed by atoms with Crippen molar-refractivity contribution in [3.05, 3.63) is 52.8 Å². The summed E-state index contributed by atoms with van der Waals surface area (Å²) in [5.41, 5.74) is 1.15. The topological polar surface area (TPSA) is 77.7 Å². The van der Waals surface area contributed by atoms with Gasteiger partial charge in [0.05, 0.1) is 28.3 Å². The summed E-state index contributed by atoms with van der Waals surface area (Å²) in [4.78, 5) is 17.4. The van der Waals surface area contributed by atoms with Crippen molar-refractivity contribution in [1.29, 1.82) is 0 Å². The Balaban J connectivity index is 2.08. The molecule has 1 aromatic heterocycles. The molecule has 0 unspecified atom stereocenters. The number of thiazole rings is 1. The minimum Gasteiger partial charge on any atom is -0.494 e. The van der Waals surface area contributed by atoms with Crippen molar-refractivity contribution in [1.82, 2.24) is 4.57 Å². The van der Waals surface area contributed by atoms with Gasteiger partial charge in [-0.05, 0) is 49.4 Å². The molecule has 0 saturated carbocycles. The smallest absolute Gasteiger partial charge is 0.279 e. The van der Waals surface area contributed by atoms with E-state index in [0.717, 1.165) is 11.8 Å². The third-order valence-electron chi connectivity index (χ3n) is 3.94. The molecule has 144 valence electrons. The molecular weight excluding hydrogens is 396 g/mol. The van der Waals surface area contributed by atoms with Crippen molar-refractivity contribution >= 4 is 37.3 Å². The molecule has 0 aliphatic carbocycles. The van der Waals surface area contributed by atoms with E-state index < -0.39 is 15.7 Å². The van der Waals surface area contributed by atoms with Gasteiger partial charge in [-0.1, -0.05) is 17.3 Å². The molecule has 0 spiro atoms. The van der Waals surface area contributed by atoms with Gasteiger partial charge >= 0.3 is 0 Å². The van der Waals surface area contributed by atoms with Gasteiger partial charge in [0.1, 0.15) is 5.75 Å². The summed E-state index contributed by atoms with van der Waals surface area (Å²) < 4.78 is 31.4. The number of hydrogen-bond donors (Lipinski definition) is 0. The number of terminal acetylenes is 1. The minimum atomic E-state index is -3.34. The van der Waals surface area contributed by atoms with Crippen LogP contribution in [0.1, 0.15) is 17.3 Å². The van der Waals surface area contributed by atoms with Crippen LogP contribution in [-0.2, 0) is 16.4 Å². The monoisotopic (exact) mass is 414 g/mol. The van der Waals surface area contributed by atoms with Crippen molar-refractivity contribution < 1.29 is 17.9 Å². The number of aromatic nitrogens is 1. The lowest BCUT2D eigenvalue weighted by atomic mass is 10.2. The molecule has 3 rings (SSSR count). The van der Waals surface area contributed by atoms with Crippen molar-refractivity contribution in [3.8, 4) is 18.1 Å². The lowest BCUT2D eigenvalue weighted by Gasteiger charge is -2.03. The Kier molecular flexibility index (Phi) is 5.68. The van der Waals surface area contributed by atoms with E-state index in [4.69, 9.17) is 11.2 Å². The first-order valence-electron chi connectivity index (χ1n) is 8.42. The first-order chi connectivity index (χ1) is 13.3. The van der Waals surface area contributed by atoms with Crippen LogP contribution in [0.5, 0.6) is 5.75 Å². The van der Waals surface area contributed by atoms with E-state index >= 15 is 0 Å². The molecule has 0 atom stereocenters. The van der Waals surface area contributed by atoms with Gasteiger partial charge in [-0.15, -0.1) is 6.42 Å². The Hall–Kier alpha value is -2.89. The van der Waals surface area contributed by atoms with Crippen LogP contribution in [0, 0.1) is 12.3 Å². The highest BCUT2D eigenvalue weighted by Crippen LogP contribution is 2.22. The Morgan fingerprint density at radius 2 is 1.96 bits per heavy atom. The van der Waals surface area contributed by atoms with E-state index in [1.165, 1.54) is 17.4 Å². The predicted octanol–water partition coefficient (Wildman–Crippen LogP) is 2.88. The number of carbonyl (C=O) groups is 1. The van der Waals surface area contributed by atoms with Crippen LogP contribution in [0.4, 0.5) is 0 Å². The fraction of sp³-hybridized carbons (Fsp3) is 0.200. The zero-order valence-corrected chi connectivity index (χ0v) is 17.0. The molecule has 0 bridgehead atoms. The van der Waals surface area contributed by atoms with E-state index in [9.17, 15) is 13.2 Å². The summed E-state index contributed by atoms with van der Waals surface area (Å²) in [6.07, 6.45) is 6.61. The molecular formula is C20H18N2O4S2. The lowest BCUT2D eigenvalue weighted by Crippen LogP contribution is -2.16. The second kappa shape index (κ2) is 8.00. The van der Waals surface area contributed by atoms with Crippen molar-refractivity contribution in [2.24, 2.45) is 4.99 Å². The number of carbonyl (C=O) groups excluding carboxylic acids is 1. The van der Waals surface area contributed by atoms with Crippen molar-refractivity contribution in [2.45, 2.75) is 18.4 Å². The third-order valence-corrected chi connectivity index (χ3v) is 6.09. The average molecular weight is 415 g/mol. The highest BCUT2D eigenvalue weighted by atomic mass is 32.2. The fourth-order valence-corrected chi connectivity index (χ4v) is 4.41. The maximum Gasteiger partial charge on any atom is 0.279 e. The Morgan fingerprint density at radius 3 is 2.57 bits per heavy atom. The van der Waals surface area contributed by atoms with Gasteiger partial charge in [0.25, 0.3) is 5.91 Å². The van der Waals surface area contributed by atoms with Gasteiger partial charge in [0.15, 0.2) is 14.6 Å². The first-order valence-corrected chi connectivity index (χ1v) is 11.1. The minimum absolute atomic E-state index is 0.207. The summed E-state index contributed by atoms with van der Waals surface area (Å²) in [6.45, 7) is 2.64. The van der Waals surface area contributed by atoms with Gasteiger partial charge in [-0.3, -0.25) is 4.79 Å². The fourth-order valence-electron chi connectivity index (χ4n) is 2.63. The van der Waals surface area contributed by atoms with E-state index in [-0.39, 0.29) is 11.4 Å². The number of rotatable bonds is 5. The van der Waals surface area contributed by atoms with Crippen LogP contribution in [0.15, 0.2) is 52.4 Å². The third kappa shape index (κ3) is 4.16. The number of amides is 1. The Morgan fingerprint density at radius 1 is 1.25 bits per heavy atom. The summed E-state index contributed by atoms with van der Waals surface area (Å²) in [5, 5.41) is 0. The van der Waals surface area contributed by atoms with Crippen molar-refractivity contribution in [3.63, 3.8) is 0 Å². The summed E-state index contributed by atoms with van der Waals surface area (Å²) in [5.74, 6) is 2.81. The molecule has 8 heteroatoms. The van der Waals surface area contributed by atoms with Crippen molar-refractivity contribution in [2.75, 3.05) is 12.9 Å². The summed E-state index contributed by atoms with van der Waals surface area (Å²) in [7, 11) is -3.34. The largest absolute Gasteiger partial charge is 0.494 e. The molecule has 0 saturated heterocycles. The molecule has 0 N–H and O–H groups in total.